The van der Waals surface area contributed by atoms with Crippen molar-refractivity contribution in [1.29, 1.82) is 0 Å². The zero-order valence-corrected chi connectivity index (χ0v) is 13.3. The van der Waals surface area contributed by atoms with E-state index in [1.165, 1.54) is 10.9 Å². The fourth-order valence-electron chi connectivity index (χ4n) is 2.96. The monoisotopic (exact) mass is 286 g/mol. The van der Waals surface area contributed by atoms with Gasteiger partial charge in [0.25, 0.3) is 0 Å². The molecule has 1 heterocycles. The second-order valence-electron chi connectivity index (χ2n) is 5.74. The van der Waals surface area contributed by atoms with Gasteiger partial charge in [-0.2, -0.15) is 0 Å². The zero-order valence-electron chi connectivity index (χ0n) is 13.3. The lowest BCUT2D eigenvalue weighted by Crippen LogP contribution is -2.33. The van der Waals surface area contributed by atoms with Crippen molar-refractivity contribution in [3.63, 3.8) is 0 Å². The number of pyridine rings is 1. The second kappa shape index (κ2) is 8.11. The molecule has 1 N–H and O–H groups in total. The Bertz CT molecular complexity index is 550. The molecule has 0 radical (unpaired) electrons. The lowest BCUT2D eigenvalue weighted by Gasteiger charge is -2.22. The Morgan fingerprint density at radius 3 is 2.81 bits per heavy atom. The number of nitrogens with zero attached hydrogens (tertiary/aromatic N) is 1. The topological polar surface area (TPSA) is 34.2 Å². The van der Waals surface area contributed by atoms with Crippen molar-refractivity contribution < 1.29 is 4.74 Å². The van der Waals surface area contributed by atoms with Gasteiger partial charge in [0.2, 0.25) is 0 Å². The van der Waals surface area contributed by atoms with Gasteiger partial charge < -0.3 is 10.1 Å². The van der Waals surface area contributed by atoms with Crippen LogP contribution in [0.5, 0.6) is 0 Å². The largest absolute Gasteiger partial charge is 0.384 e. The molecule has 0 aliphatic carbocycles. The Labute approximate surface area is 127 Å². The Morgan fingerprint density at radius 2 is 2.05 bits per heavy atom. The summed E-state index contributed by atoms with van der Waals surface area (Å²) in [6.45, 7) is 6.23. The molecule has 2 aromatic rings. The van der Waals surface area contributed by atoms with E-state index in [1.807, 2.05) is 12.3 Å². The van der Waals surface area contributed by atoms with Gasteiger partial charge in [-0.05, 0) is 43.0 Å². The van der Waals surface area contributed by atoms with Crippen LogP contribution in [-0.4, -0.2) is 31.3 Å². The van der Waals surface area contributed by atoms with Gasteiger partial charge in [-0.25, -0.2) is 0 Å². The molecule has 3 heteroatoms. The van der Waals surface area contributed by atoms with E-state index in [2.05, 4.69) is 48.4 Å². The minimum Gasteiger partial charge on any atom is -0.384 e. The van der Waals surface area contributed by atoms with Crippen molar-refractivity contribution in [2.45, 2.75) is 32.7 Å². The van der Waals surface area contributed by atoms with Gasteiger partial charge in [0.05, 0.1) is 5.52 Å². The molecule has 21 heavy (non-hydrogen) atoms. The summed E-state index contributed by atoms with van der Waals surface area (Å²) in [7, 11) is 1.77. The Morgan fingerprint density at radius 1 is 1.24 bits per heavy atom. The van der Waals surface area contributed by atoms with E-state index in [0.29, 0.717) is 12.0 Å². The predicted octanol–water partition coefficient (Wildman–Crippen LogP) is 3.43. The van der Waals surface area contributed by atoms with E-state index in [0.717, 1.165) is 31.5 Å². The first kappa shape index (κ1) is 15.9. The maximum Gasteiger partial charge on any atom is 0.0704 e. The molecule has 1 aromatic carbocycles. The summed E-state index contributed by atoms with van der Waals surface area (Å²) in [5, 5.41) is 4.88. The first-order valence-electron chi connectivity index (χ1n) is 7.79. The number of aromatic nitrogens is 1. The van der Waals surface area contributed by atoms with Gasteiger partial charge in [0, 0.05) is 31.3 Å². The van der Waals surface area contributed by atoms with Crippen molar-refractivity contribution in [3.05, 3.63) is 42.1 Å². The number of hydrogen-bond donors (Lipinski definition) is 1. The number of para-hydroxylation sites is 1. The van der Waals surface area contributed by atoms with Gasteiger partial charge in [-0.3, -0.25) is 4.98 Å². The molecule has 0 amide bonds. The zero-order chi connectivity index (χ0) is 15.1. The van der Waals surface area contributed by atoms with Crippen LogP contribution in [0.2, 0.25) is 0 Å². The van der Waals surface area contributed by atoms with Crippen LogP contribution in [0.15, 0.2) is 36.5 Å². The molecule has 114 valence electrons. The molecule has 2 unspecified atom stereocenters. The minimum absolute atomic E-state index is 0.478. The van der Waals surface area contributed by atoms with E-state index in [4.69, 9.17) is 4.74 Å². The lowest BCUT2D eigenvalue weighted by molar-refractivity contribution is 0.149. The molecule has 0 aliphatic rings. The summed E-state index contributed by atoms with van der Waals surface area (Å²) in [6.07, 6.45) is 4.07. The molecule has 0 spiro atoms. The quantitative estimate of drug-likeness (QED) is 0.807. The Balaban J connectivity index is 2.14. The van der Waals surface area contributed by atoms with E-state index < -0.39 is 0 Å². The van der Waals surface area contributed by atoms with Crippen molar-refractivity contribution in [3.8, 4) is 0 Å². The van der Waals surface area contributed by atoms with E-state index >= 15 is 0 Å². The third-order valence-electron chi connectivity index (χ3n) is 3.84. The number of methoxy groups -OCH3 is 1. The van der Waals surface area contributed by atoms with Crippen molar-refractivity contribution >= 4 is 10.9 Å². The molecular formula is C18H26N2O. The third-order valence-corrected chi connectivity index (χ3v) is 3.84. The maximum absolute atomic E-state index is 5.27. The Kier molecular flexibility index (Phi) is 6.15. The standard InChI is InChI=1S/C18H26N2O/c1-4-19-16(11-14(2)13-21-3)12-15-9-10-20-18-8-6-5-7-17(15)18/h5-10,14,16,19H,4,11-13H2,1-3H3. The van der Waals surface area contributed by atoms with Crippen LogP contribution in [0.1, 0.15) is 25.8 Å². The summed E-state index contributed by atoms with van der Waals surface area (Å²) in [5.74, 6) is 0.562. The molecule has 1 aromatic heterocycles. The van der Waals surface area contributed by atoms with Crippen molar-refractivity contribution in [2.75, 3.05) is 20.3 Å². The van der Waals surface area contributed by atoms with E-state index in [9.17, 15) is 0 Å². The SMILES string of the molecule is CCNC(Cc1ccnc2ccccc12)CC(C)COC. The highest BCUT2D eigenvalue weighted by molar-refractivity contribution is 5.81. The summed E-state index contributed by atoms with van der Waals surface area (Å²) in [5.41, 5.74) is 2.45. The number of benzene rings is 1. The lowest BCUT2D eigenvalue weighted by atomic mass is 9.95. The number of likely N-dealkylation sites (N-methyl/N-ethyl adjacent to an activating group) is 1. The number of fused-ring (bicyclic) bond motifs is 1. The Hall–Kier alpha value is -1.45. The molecule has 0 aliphatic heterocycles. The summed E-state index contributed by atoms with van der Waals surface area (Å²) < 4.78 is 5.27. The fourth-order valence-corrected chi connectivity index (χ4v) is 2.96. The third kappa shape index (κ3) is 4.51. The van der Waals surface area contributed by atoms with Gasteiger partial charge in [0.15, 0.2) is 0 Å². The highest BCUT2D eigenvalue weighted by Crippen LogP contribution is 2.19. The first-order valence-corrected chi connectivity index (χ1v) is 7.79. The van der Waals surface area contributed by atoms with Crippen molar-refractivity contribution in [2.24, 2.45) is 5.92 Å². The van der Waals surface area contributed by atoms with Crippen LogP contribution in [0.4, 0.5) is 0 Å². The van der Waals surface area contributed by atoms with E-state index in [-0.39, 0.29) is 0 Å². The van der Waals surface area contributed by atoms with Gasteiger partial charge >= 0.3 is 0 Å². The minimum atomic E-state index is 0.478. The smallest absolute Gasteiger partial charge is 0.0704 e. The molecule has 3 nitrogen and oxygen atoms in total. The van der Waals surface area contributed by atoms with Gasteiger partial charge in [0.1, 0.15) is 0 Å². The number of hydrogen-bond acceptors (Lipinski definition) is 3. The summed E-state index contributed by atoms with van der Waals surface area (Å²) >= 11 is 0. The summed E-state index contributed by atoms with van der Waals surface area (Å²) in [6, 6.07) is 11.0. The fraction of sp³-hybridized carbons (Fsp3) is 0.500. The van der Waals surface area contributed by atoms with Crippen LogP contribution < -0.4 is 5.32 Å². The average molecular weight is 286 g/mol. The molecule has 0 bridgehead atoms. The number of nitrogens with one attached hydrogen (secondary N) is 1. The van der Waals surface area contributed by atoms with Gasteiger partial charge in [-0.15, -0.1) is 0 Å². The van der Waals surface area contributed by atoms with E-state index in [1.54, 1.807) is 7.11 Å². The van der Waals surface area contributed by atoms with Crippen LogP contribution >= 0.6 is 0 Å². The average Bonchev–Trinajstić information content (AvgIpc) is 2.48. The molecule has 2 rings (SSSR count). The predicted molar refractivity (Wildman–Crippen MR) is 88.6 cm³/mol. The van der Waals surface area contributed by atoms with Crippen molar-refractivity contribution in [1.82, 2.24) is 10.3 Å². The normalized spacial score (nSPS) is 14.2. The van der Waals surface area contributed by atoms with Crippen LogP contribution in [0, 0.1) is 5.92 Å². The van der Waals surface area contributed by atoms with Crippen LogP contribution in [0.25, 0.3) is 10.9 Å². The van der Waals surface area contributed by atoms with Crippen LogP contribution in [0.3, 0.4) is 0 Å². The molecule has 0 saturated heterocycles. The molecular weight excluding hydrogens is 260 g/mol. The number of rotatable bonds is 8. The summed E-state index contributed by atoms with van der Waals surface area (Å²) in [4.78, 5) is 4.45. The van der Waals surface area contributed by atoms with Gasteiger partial charge in [-0.1, -0.05) is 32.0 Å². The first-order chi connectivity index (χ1) is 10.2. The highest BCUT2D eigenvalue weighted by Gasteiger charge is 2.14. The van der Waals surface area contributed by atoms with Crippen LogP contribution in [-0.2, 0) is 11.2 Å². The number of ether oxygens (including phenoxy) is 1. The maximum atomic E-state index is 5.27. The second-order valence-corrected chi connectivity index (χ2v) is 5.74. The molecule has 2 atom stereocenters. The molecule has 0 saturated carbocycles. The highest BCUT2D eigenvalue weighted by atomic mass is 16.5. The molecule has 0 fully saturated rings.